The lowest BCUT2D eigenvalue weighted by Crippen LogP contribution is -2.07. The molecule has 1 aliphatic rings. The van der Waals surface area contributed by atoms with Gasteiger partial charge in [-0.3, -0.25) is 0 Å². The average molecular weight is 375 g/mol. The first-order valence-electron chi connectivity index (χ1n) is 8.65. The molecule has 4 nitrogen and oxygen atoms in total. The summed E-state index contributed by atoms with van der Waals surface area (Å²) in [7, 11) is 1.65. The smallest absolute Gasteiger partial charge is 0.416 e. The van der Waals surface area contributed by atoms with Crippen LogP contribution in [0.25, 0.3) is 5.57 Å². The Balaban J connectivity index is 1.91. The Morgan fingerprint density at radius 3 is 2.52 bits per heavy atom. The second-order valence-corrected chi connectivity index (χ2v) is 6.12. The van der Waals surface area contributed by atoms with Gasteiger partial charge in [-0.05, 0) is 48.8 Å². The van der Waals surface area contributed by atoms with Crippen LogP contribution in [0.3, 0.4) is 0 Å². The highest BCUT2D eigenvalue weighted by Crippen LogP contribution is 2.32. The average Bonchev–Trinajstić information content (AvgIpc) is 2.67. The molecule has 0 unspecified atom stereocenters. The number of rotatable bonds is 5. The molecule has 1 N–H and O–H groups in total. The molecule has 3 rings (SSSR count). The van der Waals surface area contributed by atoms with Crippen molar-refractivity contribution in [2.75, 3.05) is 12.4 Å². The normalized spacial score (nSPS) is 14.4. The molecule has 27 heavy (non-hydrogen) atoms. The summed E-state index contributed by atoms with van der Waals surface area (Å²) < 4.78 is 43.5. The van der Waals surface area contributed by atoms with Gasteiger partial charge < -0.3 is 10.1 Å². The van der Waals surface area contributed by atoms with Crippen molar-refractivity contribution in [2.45, 2.75) is 32.4 Å². The quantitative estimate of drug-likeness (QED) is 0.749. The van der Waals surface area contributed by atoms with Crippen LogP contribution in [0.4, 0.5) is 24.7 Å². The molecule has 1 aromatic heterocycles. The Morgan fingerprint density at radius 1 is 1.15 bits per heavy atom. The van der Waals surface area contributed by atoms with E-state index in [0.717, 1.165) is 47.6 Å². The Bertz CT molecular complexity index is 871. The number of alkyl halides is 3. The van der Waals surface area contributed by atoms with Gasteiger partial charge in [0.15, 0.2) is 0 Å². The molecule has 0 spiro atoms. The molecule has 0 saturated carbocycles. The number of ether oxygens (including phenoxy) is 1. The first-order chi connectivity index (χ1) is 12.9. The summed E-state index contributed by atoms with van der Waals surface area (Å²) >= 11 is 0. The molecule has 2 aromatic rings. The van der Waals surface area contributed by atoms with Crippen molar-refractivity contribution < 1.29 is 17.9 Å². The molecule has 1 heterocycles. The molecule has 7 heteroatoms. The monoisotopic (exact) mass is 375 g/mol. The molecule has 0 fully saturated rings. The molecular formula is C20H20F3N3O. The van der Waals surface area contributed by atoms with Crippen LogP contribution in [0.5, 0.6) is 0 Å². The van der Waals surface area contributed by atoms with Crippen molar-refractivity contribution >= 4 is 17.1 Å². The van der Waals surface area contributed by atoms with E-state index in [1.165, 1.54) is 18.5 Å². The van der Waals surface area contributed by atoms with Crippen LogP contribution < -0.4 is 5.32 Å². The number of methoxy groups -OCH3 is 1. The maximum absolute atomic E-state index is 12.7. The van der Waals surface area contributed by atoms with Crippen LogP contribution in [0.2, 0.25) is 0 Å². The largest absolute Gasteiger partial charge is 0.501 e. The van der Waals surface area contributed by atoms with E-state index in [9.17, 15) is 13.2 Å². The summed E-state index contributed by atoms with van der Waals surface area (Å²) in [6.45, 7) is 1.99. The SMILES string of the molecule is CCc1c(Nc2ccc(C(F)(F)F)cc2)ncnc1C1=CCCC(OC)=C1. The second kappa shape index (κ2) is 7.82. The lowest BCUT2D eigenvalue weighted by Gasteiger charge is -2.17. The van der Waals surface area contributed by atoms with E-state index < -0.39 is 11.7 Å². The van der Waals surface area contributed by atoms with Gasteiger partial charge in [0.25, 0.3) is 0 Å². The van der Waals surface area contributed by atoms with Crippen molar-refractivity contribution in [1.82, 2.24) is 9.97 Å². The summed E-state index contributed by atoms with van der Waals surface area (Å²) in [5, 5.41) is 3.11. The molecule has 0 bridgehead atoms. The zero-order valence-electron chi connectivity index (χ0n) is 15.1. The number of hydrogen-bond donors (Lipinski definition) is 1. The van der Waals surface area contributed by atoms with Crippen LogP contribution in [0.1, 0.15) is 36.6 Å². The van der Waals surface area contributed by atoms with Gasteiger partial charge in [-0.15, -0.1) is 0 Å². The molecule has 0 amide bonds. The highest BCUT2D eigenvalue weighted by atomic mass is 19.4. The van der Waals surface area contributed by atoms with Gasteiger partial charge in [0.1, 0.15) is 12.1 Å². The maximum Gasteiger partial charge on any atom is 0.416 e. The van der Waals surface area contributed by atoms with E-state index >= 15 is 0 Å². The van der Waals surface area contributed by atoms with E-state index in [-0.39, 0.29) is 0 Å². The number of anilines is 2. The van der Waals surface area contributed by atoms with Crippen molar-refractivity contribution in [3.8, 4) is 0 Å². The van der Waals surface area contributed by atoms with Gasteiger partial charge in [-0.1, -0.05) is 13.0 Å². The fourth-order valence-electron chi connectivity index (χ4n) is 2.98. The Morgan fingerprint density at radius 2 is 1.89 bits per heavy atom. The van der Waals surface area contributed by atoms with Gasteiger partial charge >= 0.3 is 6.18 Å². The lowest BCUT2D eigenvalue weighted by molar-refractivity contribution is -0.137. The third kappa shape index (κ3) is 4.30. The summed E-state index contributed by atoms with van der Waals surface area (Å²) in [5.41, 5.74) is 2.52. The van der Waals surface area contributed by atoms with Crippen molar-refractivity contribution in [2.24, 2.45) is 0 Å². The second-order valence-electron chi connectivity index (χ2n) is 6.12. The molecular weight excluding hydrogens is 355 g/mol. The molecule has 142 valence electrons. The minimum atomic E-state index is -4.35. The standard InChI is InChI=1S/C20H20F3N3O/c1-3-17-18(13-5-4-6-16(11-13)27-2)24-12-25-19(17)26-15-9-7-14(8-10-15)20(21,22)23/h5,7-12H,3-4,6H2,1-2H3,(H,24,25,26). The zero-order valence-corrected chi connectivity index (χ0v) is 15.1. The third-order valence-corrected chi connectivity index (χ3v) is 4.38. The predicted octanol–water partition coefficient (Wildman–Crippen LogP) is 5.51. The number of aromatic nitrogens is 2. The van der Waals surface area contributed by atoms with E-state index in [2.05, 4.69) is 21.4 Å². The molecule has 0 aliphatic heterocycles. The zero-order chi connectivity index (χ0) is 19.4. The van der Waals surface area contributed by atoms with Gasteiger partial charge in [0.2, 0.25) is 0 Å². The van der Waals surface area contributed by atoms with Crippen LogP contribution in [-0.4, -0.2) is 17.1 Å². The maximum atomic E-state index is 12.7. The topological polar surface area (TPSA) is 47.0 Å². The van der Waals surface area contributed by atoms with Crippen LogP contribution in [0.15, 0.2) is 48.5 Å². The Kier molecular flexibility index (Phi) is 5.48. The first kappa shape index (κ1) is 18.9. The first-order valence-corrected chi connectivity index (χ1v) is 8.65. The number of benzene rings is 1. The van der Waals surface area contributed by atoms with E-state index in [1.807, 2.05) is 13.0 Å². The number of allylic oxidation sites excluding steroid dienone is 4. The number of hydrogen-bond acceptors (Lipinski definition) is 4. The minimum absolute atomic E-state index is 0.535. The van der Waals surface area contributed by atoms with Crippen molar-refractivity contribution in [3.05, 3.63) is 65.3 Å². The summed E-state index contributed by atoms with van der Waals surface area (Å²) in [6.07, 6.45) is 3.56. The summed E-state index contributed by atoms with van der Waals surface area (Å²) in [6, 6.07) is 4.89. The third-order valence-electron chi connectivity index (χ3n) is 4.38. The molecule has 1 aliphatic carbocycles. The molecule has 1 aromatic carbocycles. The van der Waals surface area contributed by atoms with Gasteiger partial charge in [-0.2, -0.15) is 13.2 Å². The summed E-state index contributed by atoms with van der Waals surface area (Å²) in [5.74, 6) is 1.48. The van der Waals surface area contributed by atoms with E-state index in [4.69, 9.17) is 4.74 Å². The van der Waals surface area contributed by atoms with Crippen molar-refractivity contribution in [3.63, 3.8) is 0 Å². The van der Waals surface area contributed by atoms with Crippen LogP contribution in [0, 0.1) is 0 Å². The summed E-state index contributed by atoms with van der Waals surface area (Å²) in [4.78, 5) is 8.71. The van der Waals surface area contributed by atoms with E-state index in [0.29, 0.717) is 17.9 Å². The Hall–Kier alpha value is -2.83. The van der Waals surface area contributed by atoms with E-state index in [1.54, 1.807) is 7.11 Å². The highest BCUT2D eigenvalue weighted by molar-refractivity contribution is 5.78. The molecule has 0 atom stereocenters. The Labute approximate surface area is 155 Å². The fraction of sp³-hybridized carbons (Fsp3) is 0.300. The number of nitrogens with zero attached hydrogens (tertiary/aromatic N) is 2. The molecule has 0 radical (unpaired) electrons. The van der Waals surface area contributed by atoms with Crippen LogP contribution >= 0.6 is 0 Å². The van der Waals surface area contributed by atoms with Crippen LogP contribution in [-0.2, 0) is 17.3 Å². The van der Waals surface area contributed by atoms with Gasteiger partial charge in [-0.25, -0.2) is 9.97 Å². The number of nitrogens with one attached hydrogen (secondary N) is 1. The van der Waals surface area contributed by atoms with Crippen molar-refractivity contribution in [1.29, 1.82) is 0 Å². The highest BCUT2D eigenvalue weighted by Gasteiger charge is 2.30. The predicted molar refractivity (Wildman–Crippen MR) is 98.4 cm³/mol. The lowest BCUT2D eigenvalue weighted by atomic mass is 9.98. The molecule has 0 saturated heterocycles. The minimum Gasteiger partial charge on any atom is -0.501 e. The number of halogens is 3. The van der Waals surface area contributed by atoms with Gasteiger partial charge in [0, 0.05) is 17.7 Å². The fourth-order valence-corrected chi connectivity index (χ4v) is 2.98. The van der Waals surface area contributed by atoms with Gasteiger partial charge in [0.05, 0.1) is 24.1 Å².